The lowest BCUT2D eigenvalue weighted by atomic mass is 9.86. The molecule has 1 saturated heterocycles. The van der Waals surface area contributed by atoms with Crippen LogP contribution in [0.2, 0.25) is 0 Å². The van der Waals surface area contributed by atoms with E-state index in [2.05, 4.69) is 25.1 Å². The highest BCUT2D eigenvalue weighted by molar-refractivity contribution is 5.49. The van der Waals surface area contributed by atoms with Crippen molar-refractivity contribution >= 4 is 0 Å². The van der Waals surface area contributed by atoms with Crippen LogP contribution in [0.3, 0.4) is 0 Å². The standard InChI is InChI=1S/C14H17N5/c1-2-7-16-11(3-1)14-18-17-13-5-4-10-9-15-8-6-12(10)19(13)14/h1-3,7,10,12,15H,4-6,8-9H2/t10-,12-/m1/s1. The summed E-state index contributed by atoms with van der Waals surface area (Å²) in [4.78, 5) is 4.43. The van der Waals surface area contributed by atoms with Gasteiger partial charge in [-0.15, -0.1) is 10.2 Å². The van der Waals surface area contributed by atoms with E-state index >= 15 is 0 Å². The van der Waals surface area contributed by atoms with Gasteiger partial charge in [0.2, 0.25) is 0 Å². The summed E-state index contributed by atoms with van der Waals surface area (Å²) in [6.07, 6.45) is 5.23. The molecule has 2 aromatic heterocycles. The number of aryl methyl sites for hydroxylation is 1. The molecule has 5 heteroatoms. The summed E-state index contributed by atoms with van der Waals surface area (Å²) in [6.45, 7) is 2.20. The van der Waals surface area contributed by atoms with Gasteiger partial charge in [-0.25, -0.2) is 0 Å². The van der Waals surface area contributed by atoms with E-state index in [-0.39, 0.29) is 0 Å². The Bertz CT molecular complexity index is 577. The second-order valence-corrected chi connectivity index (χ2v) is 5.38. The van der Waals surface area contributed by atoms with Gasteiger partial charge in [0.1, 0.15) is 11.5 Å². The predicted molar refractivity (Wildman–Crippen MR) is 71.6 cm³/mol. The maximum atomic E-state index is 4.43. The van der Waals surface area contributed by atoms with Crippen molar-refractivity contribution in [3.05, 3.63) is 30.2 Å². The first-order valence-corrected chi connectivity index (χ1v) is 6.99. The molecule has 0 saturated carbocycles. The van der Waals surface area contributed by atoms with Crippen molar-refractivity contribution in [1.82, 2.24) is 25.1 Å². The summed E-state index contributed by atoms with van der Waals surface area (Å²) in [5.41, 5.74) is 0.931. The van der Waals surface area contributed by atoms with Crippen LogP contribution in [-0.2, 0) is 6.42 Å². The molecule has 2 aliphatic heterocycles. The number of hydrogen-bond acceptors (Lipinski definition) is 4. The van der Waals surface area contributed by atoms with Crippen LogP contribution in [-0.4, -0.2) is 32.8 Å². The normalized spacial score (nSPS) is 25.7. The van der Waals surface area contributed by atoms with Gasteiger partial charge in [0, 0.05) is 18.7 Å². The fourth-order valence-corrected chi connectivity index (χ4v) is 3.37. The van der Waals surface area contributed by atoms with E-state index in [1.165, 1.54) is 6.42 Å². The van der Waals surface area contributed by atoms with Gasteiger partial charge < -0.3 is 9.88 Å². The summed E-state index contributed by atoms with van der Waals surface area (Å²) in [7, 11) is 0. The van der Waals surface area contributed by atoms with Gasteiger partial charge in [-0.1, -0.05) is 6.07 Å². The van der Waals surface area contributed by atoms with Crippen molar-refractivity contribution in [1.29, 1.82) is 0 Å². The third kappa shape index (κ3) is 1.76. The summed E-state index contributed by atoms with van der Waals surface area (Å²) in [5, 5.41) is 12.3. The van der Waals surface area contributed by atoms with Crippen molar-refractivity contribution < 1.29 is 0 Å². The van der Waals surface area contributed by atoms with E-state index in [4.69, 9.17) is 0 Å². The number of rotatable bonds is 1. The van der Waals surface area contributed by atoms with Crippen molar-refractivity contribution in [2.75, 3.05) is 13.1 Å². The van der Waals surface area contributed by atoms with Crippen LogP contribution < -0.4 is 5.32 Å². The first kappa shape index (κ1) is 11.1. The minimum atomic E-state index is 0.539. The van der Waals surface area contributed by atoms with Gasteiger partial charge in [-0.3, -0.25) is 4.98 Å². The zero-order valence-electron chi connectivity index (χ0n) is 10.8. The number of hydrogen-bond donors (Lipinski definition) is 1. The topological polar surface area (TPSA) is 55.6 Å². The maximum absolute atomic E-state index is 4.43. The smallest absolute Gasteiger partial charge is 0.182 e. The Morgan fingerprint density at radius 2 is 2.21 bits per heavy atom. The molecule has 5 nitrogen and oxygen atoms in total. The molecule has 1 fully saturated rings. The Balaban J connectivity index is 1.81. The number of fused-ring (bicyclic) bond motifs is 3. The SMILES string of the molecule is c1ccc(-c2nnc3n2[C@@H]2CCNC[C@H]2CC3)nc1. The predicted octanol–water partition coefficient (Wildman–Crippen LogP) is 1.44. The Kier molecular flexibility index (Phi) is 2.58. The first-order valence-electron chi connectivity index (χ1n) is 6.99. The van der Waals surface area contributed by atoms with Gasteiger partial charge >= 0.3 is 0 Å². The molecule has 0 aromatic carbocycles. The van der Waals surface area contributed by atoms with Crippen molar-refractivity contribution in [2.45, 2.75) is 25.3 Å². The fraction of sp³-hybridized carbons (Fsp3) is 0.500. The molecule has 0 bridgehead atoms. The van der Waals surface area contributed by atoms with E-state index in [1.54, 1.807) is 0 Å². The summed E-state index contributed by atoms with van der Waals surface area (Å²) in [5.74, 6) is 2.77. The molecule has 2 aromatic rings. The van der Waals surface area contributed by atoms with Gasteiger partial charge in [0.05, 0.1) is 0 Å². The Labute approximate surface area is 112 Å². The highest BCUT2D eigenvalue weighted by Crippen LogP contribution is 2.36. The maximum Gasteiger partial charge on any atom is 0.182 e. The fourth-order valence-electron chi connectivity index (χ4n) is 3.37. The molecule has 0 spiro atoms. The third-order valence-corrected chi connectivity index (χ3v) is 4.30. The second-order valence-electron chi connectivity index (χ2n) is 5.38. The molecule has 4 heterocycles. The number of aromatic nitrogens is 4. The molecule has 19 heavy (non-hydrogen) atoms. The lowest BCUT2D eigenvalue weighted by Gasteiger charge is -2.37. The van der Waals surface area contributed by atoms with Crippen LogP contribution in [0, 0.1) is 5.92 Å². The molecule has 1 N–H and O–H groups in total. The monoisotopic (exact) mass is 255 g/mol. The van der Waals surface area contributed by atoms with E-state index in [0.29, 0.717) is 12.0 Å². The zero-order valence-corrected chi connectivity index (χ0v) is 10.8. The van der Waals surface area contributed by atoms with Crippen LogP contribution in [0.1, 0.15) is 24.7 Å². The van der Waals surface area contributed by atoms with E-state index in [9.17, 15) is 0 Å². The molecule has 4 rings (SSSR count). The lowest BCUT2D eigenvalue weighted by Crippen LogP contribution is -2.41. The molecule has 0 amide bonds. The summed E-state index contributed by atoms with van der Waals surface area (Å²) >= 11 is 0. The Morgan fingerprint density at radius 3 is 3.11 bits per heavy atom. The molecule has 0 unspecified atom stereocenters. The van der Waals surface area contributed by atoms with Gasteiger partial charge in [-0.2, -0.15) is 0 Å². The van der Waals surface area contributed by atoms with Crippen LogP contribution in [0.4, 0.5) is 0 Å². The average Bonchev–Trinajstić information content (AvgIpc) is 2.92. The highest BCUT2D eigenvalue weighted by atomic mass is 15.3. The molecule has 98 valence electrons. The molecule has 0 aliphatic carbocycles. The van der Waals surface area contributed by atoms with Crippen molar-refractivity contribution in [3.63, 3.8) is 0 Å². The van der Waals surface area contributed by atoms with Gasteiger partial charge in [-0.05, 0) is 44.0 Å². The van der Waals surface area contributed by atoms with Gasteiger partial charge in [0.15, 0.2) is 5.82 Å². The largest absolute Gasteiger partial charge is 0.316 e. The molecule has 2 atom stereocenters. The number of nitrogens with one attached hydrogen (secondary N) is 1. The second kappa shape index (κ2) is 4.42. The summed E-state index contributed by atoms with van der Waals surface area (Å²) < 4.78 is 2.34. The number of pyridine rings is 1. The minimum absolute atomic E-state index is 0.539. The molecular weight excluding hydrogens is 238 g/mol. The van der Waals surface area contributed by atoms with Crippen LogP contribution >= 0.6 is 0 Å². The Morgan fingerprint density at radius 1 is 1.21 bits per heavy atom. The van der Waals surface area contributed by atoms with Gasteiger partial charge in [0.25, 0.3) is 0 Å². The zero-order chi connectivity index (χ0) is 12.7. The number of nitrogens with zero attached hydrogens (tertiary/aromatic N) is 4. The lowest BCUT2D eigenvalue weighted by molar-refractivity contribution is 0.215. The third-order valence-electron chi connectivity index (χ3n) is 4.30. The molecule has 2 aliphatic rings. The van der Waals surface area contributed by atoms with Crippen LogP contribution in [0.25, 0.3) is 11.5 Å². The van der Waals surface area contributed by atoms with Crippen molar-refractivity contribution in [2.24, 2.45) is 5.92 Å². The highest BCUT2D eigenvalue weighted by Gasteiger charge is 2.34. The van der Waals surface area contributed by atoms with Crippen LogP contribution in [0.5, 0.6) is 0 Å². The van der Waals surface area contributed by atoms with E-state index in [0.717, 1.165) is 43.3 Å². The van der Waals surface area contributed by atoms with E-state index < -0.39 is 0 Å². The molecule has 0 radical (unpaired) electrons. The quantitative estimate of drug-likeness (QED) is 0.837. The first-order chi connectivity index (χ1) is 9.43. The van der Waals surface area contributed by atoms with Crippen molar-refractivity contribution in [3.8, 4) is 11.5 Å². The Hall–Kier alpha value is -1.75. The molecular formula is C14H17N5. The minimum Gasteiger partial charge on any atom is -0.316 e. The number of piperidine rings is 1. The van der Waals surface area contributed by atoms with Crippen LogP contribution in [0.15, 0.2) is 24.4 Å². The van der Waals surface area contributed by atoms with E-state index in [1.807, 2.05) is 24.4 Å². The summed E-state index contributed by atoms with van der Waals surface area (Å²) in [6, 6.07) is 6.50. The average molecular weight is 255 g/mol.